The largest absolute Gasteiger partial charge is 0.378 e. The number of nitrogens with one attached hydrogen (secondary N) is 1. The van der Waals surface area contributed by atoms with E-state index in [2.05, 4.69) is 5.32 Å². The molecule has 0 saturated carbocycles. The first kappa shape index (κ1) is 19.4. The monoisotopic (exact) mass is 357 g/mol. The Bertz CT molecular complexity index is 760. The highest BCUT2D eigenvalue weighted by Crippen LogP contribution is 2.19. The fourth-order valence-electron chi connectivity index (χ4n) is 2.60. The molecule has 0 aliphatic carbocycles. The maximum absolute atomic E-state index is 13.2. The number of halogens is 1. The summed E-state index contributed by atoms with van der Waals surface area (Å²) in [7, 11) is 3.90. The van der Waals surface area contributed by atoms with Crippen LogP contribution in [0.2, 0.25) is 0 Å². The Morgan fingerprint density at radius 3 is 2.27 bits per heavy atom. The average molecular weight is 357 g/mol. The van der Waals surface area contributed by atoms with Crippen LogP contribution in [0.3, 0.4) is 0 Å². The van der Waals surface area contributed by atoms with Gasteiger partial charge in [0.15, 0.2) is 0 Å². The van der Waals surface area contributed by atoms with Crippen LogP contribution in [0.25, 0.3) is 0 Å². The molecule has 2 aromatic rings. The molecule has 0 atom stereocenters. The number of nitrogens with zero attached hydrogens (tertiary/aromatic N) is 2. The topological polar surface area (TPSA) is 52.7 Å². The molecule has 138 valence electrons. The zero-order chi connectivity index (χ0) is 19.1. The van der Waals surface area contributed by atoms with Gasteiger partial charge in [0.25, 0.3) is 0 Å². The molecule has 5 nitrogen and oxygen atoms in total. The molecule has 6 heteroatoms. The molecular weight excluding hydrogens is 333 g/mol. The second kappa shape index (κ2) is 8.99. The van der Waals surface area contributed by atoms with E-state index in [0.717, 1.165) is 11.4 Å². The first-order valence-electron chi connectivity index (χ1n) is 8.43. The molecule has 0 aromatic heterocycles. The lowest BCUT2D eigenvalue weighted by Crippen LogP contribution is -2.38. The number of benzene rings is 2. The zero-order valence-electron chi connectivity index (χ0n) is 15.3. The Morgan fingerprint density at radius 2 is 1.69 bits per heavy atom. The molecule has 2 amide bonds. The fraction of sp³-hybridized carbons (Fsp3) is 0.300. The van der Waals surface area contributed by atoms with Gasteiger partial charge in [-0.3, -0.25) is 9.59 Å². The molecular formula is C20H24FN3O2. The van der Waals surface area contributed by atoms with Gasteiger partial charge in [0.05, 0.1) is 6.42 Å². The number of hydrogen-bond acceptors (Lipinski definition) is 3. The predicted octanol–water partition coefficient (Wildman–Crippen LogP) is 2.60. The lowest BCUT2D eigenvalue weighted by molar-refractivity contribution is -0.121. The molecule has 0 radical (unpaired) electrons. The van der Waals surface area contributed by atoms with Crippen molar-refractivity contribution < 1.29 is 14.0 Å². The van der Waals surface area contributed by atoms with E-state index in [1.807, 2.05) is 43.3 Å². The standard InChI is InChI=1S/C20H24FN3O2/c1-15(25)24(19-9-7-18(8-10-19)23(2)3)12-11-22-20(26)14-16-5-4-6-17(21)13-16/h4-10,13H,11-12,14H2,1-3H3,(H,22,26). The summed E-state index contributed by atoms with van der Waals surface area (Å²) in [5, 5.41) is 2.77. The second-order valence-corrected chi connectivity index (χ2v) is 6.24. The van der Waals surface area contributed by atoms with E-state index >= 15 is 0 Å². The molecule has 0 saturated heterocycles. The summed E-state index contributed by atoms with van der Waals surface area (Å²) in [5.41, 5.74) is 2.44. The molecule has 0 bridgehead atoms. The van der Waals surface area contributed by atoms with Gasteiger partial charge in [-0.1, -0.05) is 12.1 Å². The van der Waals surface area contributed by atoms with Crippen LogP contribution in [0, 0.1) is 5.82 Å². The number of carbonyl (C=O) groups is 2. The normalized spacial score (nSPS) is 10.3. The quantitative estimate of drug-likeness (QED) is 0.829. The molecule has 0 spiro atoms. The van der Waals surface area contributed by atoms with Gasteiger partial charge in [0, 0.05) is 45.5 Å². The third-order valence-electron chi connectivity index (χ3n) is 3.97. The molecule has 2 aromatic carbocycles. The van der Waals surface area contributed by atoms with Crippen LogP contribution < -0.4 is 15.1 Å². The Kier molecular flexibility index (Phi) is 6.72. The van der Waals surface area contributed by atoms with Crippen molar-refractivity contribution in [2.75, 3.05) is 37.0 Å². The third-order valence-corrected chi connectivity index (χ3v) is 3.97. The van der Waals surface area contributed by atoms with Crippen molar-refractivity contribution in [1.82, 2.24) is 5.32 Å². The summed E-state index contributed by atoms with van der Waals surface area (Å²) in [4.78, 5) is 27.5. The van der Waals surface area contributed by atoms with E-state index in [1.54, 1.807) is 17.0 Å². The number of rotatable bonds is 7. The molecule has 0 unspecified atom stereocenters. The zero-order valence-corrected chi connectivity index (χ0v) is 15.3. The second-order valence-electron chi connectivity index (χ2n) is 6.24. The van der Waals surface area contributed by atoms with Crippen molar-refractivity contribution in [3.05, 3.63) is 59.9 Å². The first-order valence-corrected chi connectivity index (χ1v) is 8.43. The maximum atomic E-state index is 13.2. The van der Waals surface area contributed by atoms with Crippen molar-refractivity contribution in [1.29, 1.82) is 0 Å². The molecule has 0 aliphatic heterocycles. The Labute approximate surface area is 153 Å². The van der Waals surface area contributed by atoms with Crippen LogP contribution in [0.5, 0.6) is 0 Å². The maximum Gasteiger partial charge on any atom is 0.224 e. The third kappa shape index (κ3) is 5.58. The number of hydrogen-bond donors (Lipinski definition) is 1. The highest BCUT2D eigenvalue weighted by Gasteiger charge is 2.12. The van der Waals surface area contributed by atoms with E-state index in [9.17, 15) is 14.0 Å². The van der Waals surface area contributed by atoms with Crippen LogP contribution in [0.1, 0.15) is 12.5 Å². The fourth-order valence-corrected chi connectivity index (χ4v) is 2.60. The summed E-state index contributed by atoms with van der Waals surface area (Å²) in [5.74, 6) is -0.664. The molecule has 0 aliphatic rings. The average Bonchev–Trinajstić information content (AvgIpc) is 2.58. The van der Waals surface area contributed by atoms with Crippen molar-refractivity contribution in [3.63, 3.8) is 0 Å². The van der Waals surface area contributed by atoms with Crippen LogP contribution in [-0.2, 0) is 16.0 Å². The Hall–Kier alpha value is -2.89. The summed E-state index contributed by atoms with van der Waals surface area (Å²) >= 11 is 0. The van der Waals surface area contributed by atoms with E-state index in [4.69, 9.17) is 0 Å². The molecule has 2 rings (SSSR count). The van der Waals surface area contributed by atoms with Gasteiger partial charge in [-0.15, -0.1) is 0 Å². The van der Waals surface area contributed by atoms with Gasteiger partial charge in [-0.05, 0) is 42.0 Å². The highest BCUT2D eigenvalue weighted by atomic mass is 19.1. The van der Waals surface area contributed by atoms with Crippen molar-refractivity contribution in [3.8, 4) is 0 Å². The van der Waals surface area contributed by atoms with E-state index in [1.165, 1.54) is 19.1 Å². The smallest absolute Gasteiger partial charge is 0.224 e. The molecule has 1 N–H and O–H groups in total. The van der Waals surface area contributed by atoms with Crippen molar-refractivity contribution in [2.24, 2.45) is 0 Å². The number of carbonyl (C=O) groups excluding carboxylic acids is 2. The van der Waals surface area contributed by atoms with E-state index in [0.29, 0.717) is 18.7 Å². The van der Waals surface area contributed by atoms with Crippen molar-refractivity contribution in [2.45, 2.75) is 13.3 Å². The van der Waals surface area contributed by atoms with Gasteiger partial charge in [-0.2, -0.15) is 0 Å². The van der Waals surface area contributed by atoms with Gasteiger partial charge in [0.2, 0.25) is 11.8 Å². The van der Waals surface area contributed by atoms with Gasteiger partial charge in [-0.25, -0.2) is 4.39 Å². The molecule has 0 fully saturated rings. The Morgan fingerprint density at radius 1 is 1.04 bits per heavy atom. The predicted molar refractivity (Wildman–Crippen MR) is 102 cm³/mol. The summed E-state index contributed by atoms with van der Waals surface area (Å²) in [6, 6.07) is 13.6. The van der Waals surface area contributed by atoms with Crippen LogP contribution in [0.15, 0.2) is 48.5 Å². The Balaban J connectivity index is 1.90. The van der Waals surface area contributed by atoms with E-state index in [-0.39, 0.29) is 24.1 Å². The van der Waals surface area contributed by atoms with Crippen LogP contribution in [-0.4, -0.2) is 39.0 Å². The minimum Gasteiger partial charge on any atom is -0.378 e. The van der Waals surface area contributed by atoms with Gasteiger partial charge >= 0.3 is 0 Å². The van der Waals surface area contributed by atoms with Crippen molar-refractivity contribution >= 4 is 23.2 Å². The number of anilines is 2. The highest BCUT2D eigenvalue weighted by molar-refractivity contribution is 5.91. The van der Waals surface area contributed by atoms with Crippen LogP contribution in [0.4, 0.5) is 15.8 Å². The summed E-state index contributed by atoms with van der Waals surface area (Å²) in [6.07, 6.45) is 0.107. The molecule has 26 heavy (non-hydrogen) atoms. The lowest BCUT2D eigenvalue weighted by atomic mass is 10.1. The van der Waals surface area contributed by atoms with Gasteiger partial charge in [0.1, 0.15) is 5.82 Å². The van der Waals surface area contributed by atoms with E-state index < -0.39 is 0 Å². The minimum absolute atomic E-state index is 0.0954. The first-order chi connectivity index (χ1) is 12.4. The lowest BCUT2D eigenvalue weighted by Gasteiger charge is -2.22. The summed E-state index contributed by atoms with van der Waals surface area (Å²) < 4.78 is 13.2. The van der Waals surface area contributed by atoms with Crippen LogP contribution >= 0.6 is 0 Å². The number of amides is 2. The van der Waals surface area contributed by atoms with Gasteiger partial charge < -0.3 is 15.1 Å². The SMILES string of the molecule is CC(=O)N(CCNC(=O)Cc1cccc(F)c1)c1ccc(N(C)C)cc1. The minimum atomic E-state index is -0.362. The summed E-state index contributed by atoms with van der Waals surface area (Å²) in [6.45, 7) is 2.18. The molecule has 0 heterocycles.